The van der Waals surface area contributed by atoms with E-state index in [1.54, 1.807) is 6.26 Å². The molecule has 3 atom stereocenters. The van der Waals surface area contributed by atoms with Crippen LogP contribution in [0.15, 0.2) is 30.6 Å². The number of likely N-dealkylation sites (tertiary alicyclic amines) is 1. The fourth-order valence-electron chi connectivity index (χ4n) is 4.43. The molecule has 2 aliphatic rings. The molecular formula is C20H25ClN4O2S. The van der Waals surface area contributed by atoms with Gasteiger partial charge in [0.2, 0.25) is 5.91 Å². The van der Waals surface area contributed by atoms with Gasteiger partial charge in [0.05, 0.1) is 24.4 Å². The third-order valence-corrected chi connectivity index (χ3v) is 6.95. The van der Waals surface area contributed by atoms with Crippen molar-refractivity contribution in [1.29, 1.82) is 0 Å². The fraction of sp³-hybridized carbons (Fsp3) is 0.500. The summed E-state index contributed by atoms with van der Waals surface area (Å²) < 4.78 is 13.1. The molecule has 3 heterocycles. The molecule has 4 rings (SSSR count). The van der Waals surface area contributed by atoms with Gasteiger partial charge in [0.1, 0.15) is 5.75 Å². The van der Waals surface area contributed by atoms with E-state index in [9.17, 15) is 9.35 Å². The van der Waals surface area contributed by atoms with E-state index >= 15 is 0 Å². The first kappa shape index (κ1) is 19.8. The van der Waals surface area contributed by atoms with Crippen LogP contribution < -0.4 is 5.32 Å². The maximum absolute atomic E-state index is 12.8. The molecule has 2 aromatic rings. The minimum Gasteiger partial charge on any atom is -0.617 e. The number of hydrogen-bond acceptors (Lipinski definition) is 4. The van der Waals surface area contributed by atoms with Crippen LogP contribution in [0.3, 0.4) is 0 Å². The van der Waals surface area contributed by atoms with Crippen molar-refractivity contribution >= 4 is 34.4 Å². The number of nitrogens with one attached hydrogen (secondary N) is 1. The Kier molecular flexibility index (Phi) is 5.44. The maximum atomic E-state index is 12.8. The number of halogens is 1. The summed E-state index contributed by atoms with van der Waals surface area (Å²) in [6.07, 6.45) is 7.17. The van der Waals surface area contributed by atoms with Gasteiger partial charge in [0, 0.05) is 41.6 Å². The molecular weight excluding hydrogens is 396 g/mol. The van der Waals surface area contributed by atoms with Crippen molar-refractivity contribution in [2.45, 2.75) is 44.3 Å². The number of piperidine rings is 1. The number of amides is 1. The quantitative estimate of drug-likeness (QED) is 0.755. The van der Waals surface area contributed by atoms with E-state index in [0.29, 0.717) is 17.3 Å². The summed E-state index contributed by atoms with van der Waals surface area (Å²) in [6.45, 7) is 4.49. The zero-order valence-corrected chi connectivity index (χ0v) is 17.7. The molecule has 3 unspecified atom stereocenters. The second-order valence-corrected chi connectivity index (χ2v) is 9.88. The van der Waals surface area contributed by atoms with Crippen LogP contribution in [0, 0.1) is 0 Å². The van der Waals surface area contributed by atoms with Crippen LogP contribution in [0.1, 0.15) is 30.9 Å². The summed E-state index contributed by atoms with van der Waals surface area (Å²) in [5, 5.41) is 8.09. The lowest BCUT2D eigenvalue weighted by molar-refractivity contribution is -0.123. The Labute approximate surface area is 173 Å². The smallest absolute Gasteiger partial charge is 0.235 e. The third-order valence-electron chi connectivity index (χ3n) is 5.95. The van der Waals surface area contributed by atoms with E-state index in [0.717, 1.165) is 42.7 Å². The highest BCUT2D eigenvalue weighted by Gasteiger charge is 2.50. The minimum absolute atomic E-state index is 0.0941. The predicted octanol–water partition coefficient (Wildman–Crippen LogP) is 2.79. The third kappa shape index (κ3) is 3.68. The molecule has 28 heavy (non-hydrogen) atoms. The van der Waals surface area contributed by atoms with Gasteiger partial charge in [-0.05, 0) is 43.5 Å². The number of nitrogens with zero attached hydrogens (tertiary/aromatic N) is 3. The Morgan fingerprint density at radius 1 is 1.46 bits per heavy atom. The number of aromatic nitrogens is 2. The molecule has 150 valence electrons. The Morgan fingerprint density at radius 2 is 2.29 bits per heavy atom. The molecule has 1 aromatic carbocycles. The summed E-state index contributed by atoms with van der Waals surface area (Å²) >= 11 is 5.40. The molecule has 1 N–H and O–H groups in total. The minimum atomic E-state index is -0.816. The van der Waals surface area contributed by atoms with Crippen LogP contribution in [0.5, 0.6) is 0 Å². The summed E-state index contributed by atoms with van der Waals surface area (Å²) in [7, 11) is 0. The van der Waals surface area contributed by atoms with Gasteiger partial charge in [-0.25, -0.2) is 0 Å². The molecule has 0 bridgehead atoms. The van der Waals surface area contributed by atoms with E-state index in [4.69, 9.17) is 11.6 Å². The number of anilines is 1. The van der Waals surface area contributed by atoms with Gasteiger partial charge in [0.25, 0.3) is 0 Å². The van der Waals surface area contributed by atoms with E-state index in [1.165, 1.54) is 0 Å². The molecule has 1 fully saturated rings. The summed E-state index contributed by atoms with van der Waals surface area (Å²) in [4.78, 5) is 15.3. The van der Waals surface area contributed by atoms with Crippen molar-refractivity contribution in [2.75, 3.05) is 23.9 Å². The highest BCUT2D eigenvalue weighted by molar-refractivity contribution is 7.90. The number of carbonyl (C=O) groups excluding carboxylic acids is 1. The lowest BCUT2D eigenvalue weighted by Gasteiger charge is -2.42. The van der Waals surface area contributed by atoms with Crippen LogP contribution >= 0.6 is 11.6 Å². The standard InChI is InChI=1S/C20H25ClN4O2S/c1-14-10-20(17-9-16(21)3-4-18(17)23-19(20)26)5-6-24(14)12-15-11-22-25(13-15)7-8-28(2)27/h3-4,9,11,13-14H,5-8,10,12H2,1-2H3,(H,23,26). The molecule has 8 heteroatoms. The average molecular weight is 421 g/mol. The SMILES string of the molecule is CC1CC2(CCN1Cc1cnn(CC[S+](C)[O-])c1)C(=O)Nc1ccc(Cl)cc12. The number of hydrogen-bond donors (Lipinski definition) is 1. The molecule has 1 spiro atoms. The fourth-order valence-corrected chi connectivity index (χ4v) is 5.04. The zero-order valence-electron chi connectivity index (χ0n) is 16.2. The summed E-state index contributed by atoms with van der Waals surface area (Å²) in [5.74, 6) is 0.706. The van der Waals surface area contributed by atoms with E-state index < -0.39 is 16.6 Å². The number of benzene rings is 1. The zero-order chi connectivity index (χ0) is 19.9. The van der Waals surface area contributed by atoms with Crippen molar-refractivity contribution < 1.29 is 9.35 Å². The van der Waals surface area contributed by atoms with Crippen molar-refractivity contribution in [1.82, 2.24) is 14.7 Å². The molecule has 0 saturated carbocycles. The highest BCUT2D eigenvalue weighted by atomic mass is 35.5. The molecule has 2 aliphatic heterocycles. The summed E-state index contributed by atoms with van der Waals surface area (Å²) in [6, 6.07) is 5.93. The van der Waals surface area contributed by atoms with Crippen molar-refractivity contribution in [3.8, 4) is 0 Å². The molecule has 1 amide bonds. The topological polar surface area (TPSA) is 73.2 Å². The van der Waals surface area contributed by atoms with Crippen molar-refractivity contribution in [3.05, 3.63) is 46.7 Å². The number of rotatable bonds is 5. The largest absolute Gasteiger partial charge is 0.617 e. The van der Waals surface area contributed by atoms with Gasteiger partial charge in [-0.15, -0.1) is 0 Å². The van der Waals surface area contributed by atoms with Gasteiger partial charge in [0.15, 0.2) is 0 Å². The molecule has 0 aliphatic carbocycles. The lowest BCUT2D eigenvalue weighted by Crippen LogP contribution is -2.50. The number of fused-ring (bicyclic) bond motifs is 2. The van der Waals surface area contributed by atoms with Crippen LogP contribution in [0.2, 0.25) is 5.02 Å². The number of carbonyl (C=O) groups is 1. The van der Waals surface area contributed by atoms with Gasteiger partial charge in [-0.3, -0.25) is 14.4 Å². The maximum Gasteiger partial charge on any atom is 0.235 e. The first-order valence-electron chi connectivity index (χ1n) is 9.54. The second kappa shape index (κ2) is 7.71. The Bertz CT molecular complexity index is 887. The Hall–Kier alpha value is -1.54. The van der Waals surface area contributed by atoms with E-state index in [2.05, 4.69) is 22.2 Å². The first-order valence-corrected chi connectivity index (χ1v) is 11.6. The van der Waals surface area contributed by atoms with Crippen LogP contribution in [0.25, 0.3) is 0 Å². The van der Waals surface area contributed by atoms with Crippen molar-refractivity contribution in [3.63, 3.8) is 0 Å². The Balaban J connectivity index is 1.45. The molecule has 0 radical (unpaired) electrons. The molecule has 1 aromatic heterocycles. The first-order chi connectivity index (χ1) is 13.4. The van der Waals surface area contributed by atoms with Crippen molar-refractivity contribution in [2.24, 2.45) is 0 Å². The number of aryl methyl sites for hydroxylation is 1. The second-order valence-electron chi connectivity index (χ2n) is 7.89. The molecule has 1 saturated heterocycles. The van der Waals surface area contributed by atoms with Crippen LogP contribution in [-0.4, -0.2) is 49.7 Å². The van der Waals surface area contributed by atoms with E-state index in [1.807, 2.05) is 35.3 Å². The average Bonchev–Trinajstić information content (AvgIpc) is 3.19. The highest BCUT2D eigenvalue weighted by Crippen LogP contribution is 2.47. The summed E-state index contributed by atoms with van der Waals surface area (Å²) in [5.41, 5.74) is 2.59. The van der Waals surface area contributed by atoms with Crippen LogP contribution in [0.4, 0.5) is 5.69 Å². The monoisotopic (exact) mass is 420 g/mol. The molecule has 6 nitrogen and oxygen atoms in total. The normalized spacial score (nSPS) is 25.7. The van der Waals surface area contributed by atoms with Gasteiger partial charge >= 0.3 is 0 Å². The predicted molar refractivity (Wildman–Crippen MR) is 112 cm³/mol. The lowest BCUT2D eigenvalue weighted by atomic mass is 9.71. The van der Waals surface area contributed by atoms with Gasteiger partial charge < -0.3 is 9.87 Å². The van der Waals surface area contributed by atoms with Crippen LogP contribution in [-0.2, 0) is 34.5 Å². The Morgan fingerprint density at radius 3 is 3.04 bits per heavy atom. The van der Waals surface area contributed by atoms with E-state index in [-0.39, 0.29) is 11.9 Å². The van der Waals surface area contributed by atoms with Gasteiger partial charge in [-0.1, -0.05) is 22.8 Å². The van der Waals surface area contributed by atoms with Gasteiger partial charge in [-0.2, -0.15) is 5.10 Å².